The maximum absolute atomic E-state index is 2.98. The molecule has 0 aliphatic carbocycles. The fourth-order valence-electron chi connectivity index (χ4n) is 3.25. The summed E-state index contributed by atoms with van der Waals surface area (Å²) in [5.74, 6) is 0. The second-order valence-corrected chi connectivity index (χ2v) is 50.8. The van der Waals surface area contributed by atoms with Crippen LogP contribution in [-0.2, 0) is 18.0 Å². The Morgan fingerprint density at radius 3 is 0.619 bits per heavy atom. The van der Waals surface area contributed by atoms with E-state index in [0.717, 1.165) is 0 Å². The van der Waals surface area contributed by atoms with Gasteiger partial charge in [0.1, 0.15) is 0 Å². The van der Waals surface area contributed by atoms with E-state index in [1.165, 1.54) is 0 Å². The first-order valence-corrected chi connectivity index (χ1v) is 30.9. The van der Waals surface area contributed by atoms with Crippen LogP contribution in [0.1, 0.15) is 0 Å². The van der Waals surface area contributed by atoms with Crippen molar-refractivity contribution in [3.05, 3.63) is 0 Å². The van der Waals surface area contributed by atoms with Crippen molar-refractivity contribution in [3.8, 4) is 0 Å². The van der Waals surface area contributed by atoms with Gasteiger partial charge in [0.25, 0.3) is 0 Å². The minimum absolute atomic E-state index is 1.15. The molecule has 0 nitrogen and oxygen atoms in total. The zero-order valence-electron chi connectivity index (χ0n) is 16.8. The van der Waals surface area contributed by atoms with E-state index in [1.54, 1.807) is 0 Å². The van der Waals surface area contributed by atoms with Gasteiger partial charge in [-0.2, -0.15) is 0 Å². The van der Waals surface area contributed by atoms with Crippen LogP contribution in [0.3, 0.4) is 0 Å². The zero-order valence-corrected chi connectivity index (χ0v) is 24.4. The quantitative estimate of drug-likeness (QED) is 0.462. The summed E-state index contributed by atoms with van der Waals surface area (Å²) in [4.78, 5) is 0. The molecule has 0 unspecified atom stereocenters. The van der Waals surface area contributed by atoms with E-state index >= 15 is 0 Å². The van der Waals surface area contributed by atoms with Gasteiger partial charge in [-0.25, -0.2) is 0 Å². The summed E-state index contributed by atoms with van der Waals surface area (Å²) < 4.78 is 11.9. The molecule has 0 saturated heterocycles. The SMILES string of the molecule is C[Si](C)(C)[CH]=[Hf](=[CH][Si](C)(C)C)(=[CH][Si](C)(C)C)=[CH][Si](C)(C)C. The fraction of sp³-hybridized carbons (Fsp3) is 0.750. The molecule has 0 radical (unpaired) electrons. The van der Waals surface area contributed by atoms with Gasteiger partial charge in [-0.1, -0.05) is 0 Å². The molecule has 21 heavy (non-hydrogen) atoms. The van der Waals surface area contributed by atoms with Crippen LogP contribution in [0.5, 0.6) is 0 Å². The van der Waals surface area contributed by atoms with Crippen molar-refractivity contribution < 1.29 is 18.0 Å². The summed E-state index contributed by atoms with van der Waals surface area (Å²) in [5, 5.41) is 0. The average Bonchev–Trinajstić information content (AvgIpc) is 1.83. The molecule has 124 valence electrons. The molecule has 0 spiro atoms. The Bertz CT molecular complexity index is 501. The van der Waals surface area contributed by atoms with Crippen LogP contribution in [0.15, 0.2) is 0 Å². The molecule has 0 aliphatic heterocycles. The second-order valence-electron chi connectivity index (χ2n) is 11.0. The Labute approximate surface area is 141 Å². The van der Waals surface area contributed by atoms with Crippen molar-refractivity contribution in [1.82, 2.24) is 0 Å². The van der Waals surface area contributed by atoms with Crippen molar-refractivity contribution >= 4 is 45.8 Å². The molecule has 0 aromatic rings. The van der Waals surface area contributed by atoms with Crippen molar-refractivity contribution in [1.29, 1.82) is 0 Å². The molecular formula is C16H40HfSi4. The molecule has 0 heterocycles. The maximum atomic E-state index is 2.98. The monoisotopic (exact) mass is 524 g/mol. The summed E-state index contributed by atoms with van der Waals surface area (Å²) in [6, 6.07) is 0. The van der Waals surface area contributed by atoms with E-state index in [4.69, 9.17) is 0 Å². The van der Waals surface area contributed by atoms with Crippen LogP contribution in [0.4, 0.5) is 0 Å². The first-order valence-electron chi connectivity index (χ1n) is 8.31. The second kappa shape index (κ2) is 6.99. The Hall–Kier alpha value is 1.22. The average molecular weight is 523 g/mol. The third kappa shape index (κ3) is 12.3. The first kappa shape index (κ1) is 22.2. The predicted octanol–water partition coefficient (Wildman–Crippen LogP) is 4.86. The Morgan fingerprint density at radius 2 is 0.524 bits per heavy atom. The molecule has 0 amide bonds. The van der Waals surface area contributed by atoms with Gasteiger partial charge in [-0.05, 0) is 0 Å². The summed E-state index contributed by atoms with van der Waals surface area (Å²) in [7, 11) is -4.58. The van der Waals surface area contributed by atoms with Crippen molar-refractivity contribution in [3.63, 3.8) is 0 Å². The summed E-state index contributed by atoms with van der Waals surface area (Å²) >= 11 is -2.66. The summed E-state index contributed by atoms with van der Waals surface area (Å²) in [6.07, 6.45) is 0. The molecule has 0 saturated carbocycles. The molecule has 0 fully saturated rings. The van der Waals surface area contributed by atoms with Gasteiger partial charge < -0.3 is 0 Å². The molecule has 0 aliphatic rings. The predicted molar refractivity (Wildman–Crippen MR) is 118 cm³/mol. The van der Waals surface area contributed by atoms with Crippen LogP contribution in [0, 0.1) is 0 Å². The Kier molecular flexibility index (Phi) is 7.40. The van der Waals surface area contributed by atoms with Crippen LogP contribution in [0.25, 0.3) is 0 Å². The number of rotatable bonds is 4. The minimum atomic E-state index is -2.66. The van der Waals surface area contributed by atoms with Crippen LogP contribution in [0.2, 0.25) is 78.6 Å². The molecule has 0 atom stereocenters. The standard InChI is InChI=1S/4C4H10Si.Hf/c4*1-5(2,3)4;/h4*1H,2-4H3;. The van der Waals surface area contributed by atoms with E-state index in [1.807, 2.05) is 0 Å². The van der Waals surface area contributed by atoms with Crippen LogP contribution < -0.4 is 0 Å². The third-order valence-electron chi connectivity index (χ3n) is 2.73. The van der Waals surface area contributed by atoms with Crippen molar-refractivity contribution in [2.75, 3.05) is 0 Å². The van der Waals surface area contributed by atoms with Crippen LogP contribution in [-0.4, -0.2) is 45.8 Å². The Balaban J connectivity index is 7.26. The van der Waals surface area contributed by atoms with Crippen LogP contribution >= 0.6 is 0 Å². The molecular weight excluding hydrogens is 483 g/mol. The van der Waals surface area contributed by atoms with Crippen molar-refractivity contribution in [2.24, 2.45) is 0 Å². The van der Waals surface area contributed by atoms with Crippen molar-refractivity contribution in [2.45, 2.75) is 78.6 Å². The van der Waals surface area contributed by atoms with E-state index < -0.39 is 50.3 Å². The van der Waals surface area contributed by atoms with Gasteiger partial charge >= 0.3 is 142 Å². The molecule has 0 rings (SSSR count). The summed E-state index contributed by atoms with van der Waals surface area (Å²) in [6.45, 7) is 30.5. The van der Waals surface area contributed by atoms with Gasteiger partial charge in [0.15, 0.2) is 0 Å². The normalized spacial score (nSPS) is 13.1. The molecule has 0 N–H and O–H groups in total. The zero-order chi connectivity index (χ0) is 17.3. The number of hydrogen-bond acceptors (Lipinski definition) is 0. The van der Waals surface area contributed by atoms with E-state index in [2.05, 4.69) is 92.1 Å². The van der Waals surface area contributed by atoms with E-state index in [9.17, 15) is 0 Å². The molecule has 0 bridgehead atoms. The molecule has 0 aromatic heterocycles. The number of hydrogen-bond donors (Lipinski definition) is 0. The Morgan fingerprint density at radius 1 is 0.381 bits per heavy atom. The third-order valence-corrected chi connectivity index (χ3v) is 67.1. The molecule has 5 heteroatoms. The van der Waals surface area contributed by atoms with E-state index in [-0.39, 0.29) is 0 Å². The molecule has 0 aromatic carbocycles. The van der Waals surface area contributed by atoms with Gasteiger partial charge in [0.05, 0.1) is 0 Å². The van der Waals surface area contributed by atoms with Gasteiger partial charge in [-0.3, -0.25) is 0 Å². The van der Waals surface area contributed by atoms with Gasteiger partial charge in [0, 0.05) is 0 Å². The topological polar surface area (TPSA) is 0 Å². The first-order chi connectivity index (χ1) is 8.83. The fourth-order valence-corrected chi connectivity index (χ4v) is 92.1. The summed E-state index contributed by atoms with van der Waals surface area (Å²) in [5.41, 5.74) is 0. The van der Waals surface area contributed by atoms with E-state index in [0.29, 0.717) is 0 Å². The van der Waals surface area contributed by atoms with Gasteiger partial charge in [-0.15, -0.1) is 0 Å². The van der Waals surface area contributed by atoms with Gasteiger partial charge in [0.2, 0.25) is 0 Å².